The van der Waals surface area contributed by atoms with Gasteiger partial charge in [0, 0.05) is 6.42 Å². The van der Waals surface area contributed by atoms with Gasteiger partial charge in [-0.25, -0.2) is 0 Å². The first-order chi connectivity index (χ1) is 7.63. The monoisotopic (exact) mass is 218 g/mol. The molecule has 0 aromatic heterocycles. The molecule has 1 fully saturated rings. The Kier molecular flexibility index (Phi) is 2.05. The van der Waals surface area contributed by atoms with Crippen molar-refractivity contribution in [1.29, 1.82) is 0 Å². The molecule has 0 amide bonds. The summed E-state index contributed by atoms with van der Waals surface area (Å²) in [5.74, 6) is 0.963. The zero-order chi connectivity index (χ0) is 11.2. The Morgan fingerprint density at radius 2 is 1.94 bits per heavy atom. The van der Waals surface area contributed by atoms with E-state index in [1.54, 1.807) is 0 Å². The van der Waals surface area contributed by atoms with Gasteiger partial charge in [0.2, 0.25) is 0 Å². The van der Waals surface area contributed by atoms with Gasteiger partial charge in [0.25, 0.3) is 0 Å². The number of hydrogen-bond donors (Lipinski definition) is 1. The van der Waals surface area contributed by atoms with E-state index in [4.69, 9.17) is 4.74 Å². The van der Waals surface area contributed by atoms with Gasteiger partial charge in [-0.3, -0.25) is 0 Å². The lowest BCUT2D eigenvalue weighted by molar-refractivity contribution is -0.138. The number of rotatable bonds is 0. The summed E-state index contributed by atoms with van der Waals surface area (Å²) in [4.78, 5) is 0. The van der Waals surface area contributed by atoms with Crippen molar-refractivity contribution in [1.82, 2.24) is 0 Å². The quantitative estimate of drug-likeness (QED) is 0.725. The van der Waals surface area contributed by atoms with Crippen LogP contribution in [0.3, 0.4) is 0 Å². The summed E-state index contributed by atoms with van der Waals surface area (Å²) < 4.78 is 6.10. The SMILES string of the molecule is CC1(O)CCCCC12Cc1ccccc1O2. The molecule has 2 atom stereocenters. The fourth-order valence-electron chi connectivity index (χ4n) is 3.12. The van der Waals surface area contributed by atoms with Crippen LogP contribution in [0.4, 0.5) is 0 Å². The maximum absolute atomic E-state index is 10.6. The van der Waals surface area contributed by atoms with E-state index in [2.05, 4.69) is 6.07 Å². The molecule has 1 aliphatic heterocycles. The second-order valence-corrected chi connectivity index (χ2v) is 5.36. The van der Waals surface area contributed by atoms with E-state index in [9.17, 15) is 5.11 Å². The highest BCUT2D eigenvalue weighted by atomic mass is 16.5. The topological polar surface area (TPSA) is 29.5 Å². The van der Waals surface area contributed by atoms with E-state index in [-0.39, 0.29) is 5.60 Å². The molecule has 1 heterocycles. The molecule has 0 bridgehead atoms. The van der Waals surface area contributed by atoms with E-state index in [1.165, 1.54) is 5.56 Å². The Hall–Kier alpha value is -1.02. The van der Waals surface area contributed by atoms with Crippen molar-refractivity contribution in [2.24, 2.45) is 0 Å². The molecule has 1 N–H and O–H groups in total. The second-order valence-electron chi connectivity index (χ2n) is 5.36. The number of hydrogen-bond acceptors (Lipinski definition) is 2. The standard InChI is InChI=1S/C14H18O2/c1-13(15)8-4-5-9-14(13)10-11-6-2-3-7-12(11)16-14/h2-3,6-7,15H,4-5,8-10H2,1H3. The van der Waals surface area contributed by atoms with Crippen molar-refractivity contribution in [2.75, 3.05) is 0 Å². The van der Waals surface area contributed by atoms with Crippen molar-refractivity contribution >= 4 is 0 Å². The summed E-state index contributed by atoms with van der Waals surface area (Å²) in [5, 5.41) is 10.6. The van der Waals surface area contributed by atoms with E-state index in [0.29, 0.717) is 0 Å². The van der Waals surface area contributed by atoms with Crippen LogP contribution in [-0.4, -0.2) is 16.3 Å². The van der Waals surface area contributed by atoms with E-state index < -0.39 is 5.60 Å². The first-order valence-electron chi connectivity index (χ1n) is 6.12. The minimum atomic E-state index is -0.690. The Morgan fingerprint density at radius 3 is 2.69 bits per heavy atom. The number of para-hydroxylation sites is 1. The largest absolute Gasteiger partial charge is 0.484 e. The van der Waals surface area contributed by atoms with Crippen LogP contribution in [0.1, 0.15) is 38.2 Å². The maximum Gasteiger partial charge on any atom is 0.141 e. The number of ether oxygens (including phenoxy) is 1. The number of benzene rings is 1. The fourth-order valence-corrected chi connectivity index (χ4v) is 3.12. The first-order valence-corrected chi connectivity index (χ1v) is 6.12. The summed E-state index contributed by atoms with van der Waals surface area (Å²) in [5.41, 5.74) is 0.184. The van der Waals surface area contributed by atoms with Gasteiger partial charge in [-0.15, -0.1) is 0 Å². The molecule has 1 aromatic carbocycles. The van der Waals surface area contributed by atoms with Crippen molar-refractivity contribution in [3.63, 3.8) is 0 Å². The summed E-state index contributed by atoms with van der Waals surface area (Å²) in [6.45, 7) is 1.93. The molecule has 2 unspecified atom stereocenters. The van der Waals surface area contributed by atoms with E-state index >= 15 is 0 Å². The van der Waals surface area contributed by atoms with Gasteiger partial charge < -0.3 is 9.84 Å². The van der Waals surface area contributed by atoms with Crippen LogP contribution < -0.4 is 4.74 Å². The molecule has 0 saturated heterocycles. The van der Waals surface area contributed by atoms with Crippen molar-refractivity contribution < 1.29 is 9.84 Å². The molecule has 1 aliphatic carbocycles. The number of aliphatic hydroxyl groups is 1. The minimum Gasteiger partial charge on any atom is -0.484 e. The Labute approximate surface area is 96.2 Å². The van der Waals surface area contributed by atoms with Gasteiger partial charge in [0.05, 0.1) is 0 Å². The zero-order valence-electron chi connectivity index (χ0n) is 9.70. The van der Waals surface area contributed by atoms with Crippen LogP contribution in [-0.2, 0) is 6.42 Å². The van der Waals surface area contributed by atoms with Crippen molar-refractivity contribution in [3.8, 4) is 5.75 Å². The van der Waals surface area contributed by atoms with Crippen molar-refractivity contribution in [2.45, 2.75) is 50.2 Å². The molecular weight excluding hydrogens is 200 g/mol. The van der Waals surface area contributed by atoms with Gasteiger partial charge in [-0.1, -0.05) is 24.6 Å². The molecule has 2 aliphatic rings. The lowest BCUT2D eigenvalue weighted by Crippen LogP contribution is -2.57. The normalized spacial score (nSPS) is 37.1. The van der Waals surface area contributed by atoms with Gasteiger partial charge in [0.15, 0.2) is 0 Å². The Balaban J connectivity index is 1.98. The van der Waals surface area contributed by atoms with Gasteiger partial charge >= 0.3 is 0 Å². The van der Waals surface area contributed by atoms with Gasteiger partial charge in [-0.2, -0.15) is 0 Å². The third kappa shape index (κ3) is 1.29. The van der Waals surface area contributed by atoms with E-state index in [0.717, 1.165) is 37.9 Å². The lowest BCUT2D eigenvalue weighted by atomic mass is 9.71. The van der Waals surface area contributed by atoms with Crippen LogP contribution >= 0.6 is 0 Å². The first kappa shape index (κ1) is 10.2. The molecule has 1 saturated carbocycles. The zero-order valence-corrected chi connectivity index (χ0v) is 9.70. The van der Waals surface area contributed by atoms with Crippen LogP contribution in [0.25, 0.3) is 0 Å². The van der Waals surface area contributed by atoms with Crippen LogP contribution in [0.2, 0.25) is 0 Å². The third-order valence-corrected chi connectivity index (χ3v) is 4.23. The number of fused-ring (bicyclic) bond motifs is 1. The smallest absolute Gasteiger partial charge is 0.141 e. The second kappa shape index (κ2) is 3.24. The van der Waals surface area contributed by atoms with Crippen LogP contribution in [0.15, 0.2) is 24.3 Å². The predicted molar refractivity (Wildman–Crippen MR) is 62.6 cm³/mol. The molecule has 16 heavy (non-hydrogen) atoms. The van der Waals surface area contributed by atoms with Gasteiger partial charge in [0.1, 0.15) is 17.0 Å². The van der Waals surface area contributed by atoms with E-state index in [1.807, 2.05) is 25.1 Å². The molecule has 2 nitrogen and oxygen atoms in total. The van der Waals surface area contributed by atoms with Gasteiger partial charge in [-0.05, 0) is 37.8 Å². The highest BCUT2D eigenvalue weighted by Gasteiger charge is 2.53. The predicted octanol–water partition coefficient (Wildman–Crippen LogP) is 2.69. The van der Waals surface area contributed by atoms with Crippen LogP contribution in [0.5, 0.6) is 5.75 Å². The summed E-state index contributed by atoms with van der Waals surface area (Å²) in [6.07, 6.45) is 4.93. The van der Waals surface area contributed by atoms with Crippen LogP contribution in [0, 0.1) is 0 Å². The molecule has 2 heteroatoms. The highest BCUT2D eigenvalue weighted by Crippen LogP contribution is 2.48. The maximum atomic E-state index is 10.6. The average Bonchev–Trinajstić information content (AvgIpc) is 2.62. The fraction of sp³-hybridized carbons (Fsp3) is 0.571. The summed E-state index contributed by atoms with van der Waals surface area (Å²) in [6, 6.07) is 8.15. The summed E-state index contributed by atoms with van der Waals surface area (Å²) >= 11 is 0. The van der Waals surface area contributed by atoms with Crippen molar-refractivity contribution in [3.05, 3.63) is 29.8 Å². The Morgan fingerprint density at radius 1 is 1.19 bits per heavy atom. The molecule has 3 rings (SSSR count). The summed E-state index contributed by atoms with van der Waals surface area (Å²) in [7, 11) is 0. The Bertz CT molecular complexity index is 384. The molecule has 0 radical (unpaired) electrons. The third-order valence-electron chi connectivity index (χ3n) is 4.23. The molecule has 1 spiro atoms. The highest BCUT2D eigenvalue weighted by molar-refractivity contribution is 5.40. The molecule has 1 aromatic rings. The molecular formula is C14H18O2. The molecule has 86 valence electrons. The lowest BCUT2D eigenvalue weighted by Gasteiger charge is -2.45. The minimum absolute atomic E-state index is 0.366. The average molecular weight is 218 g/mol.